The first kappa shape index (κ1) is 34.8. The fourth-order valence-corrected chi connectivity index (χ4v) is 4.56. The number of benzene rings is 2. The van der Waals surface area contributed by atoms with E-state index in [2.05, 4.69) is 17.5 Å². The number of hydrazone groups is 1. The van der Waals surface area contributed by atoms with E-state index >= 15 is 0 Å². The van der Waals surface area contributed by atoms with Crippen molar-refractivity contribution >= 4 is 18.1 Å². The van der Waals surface area contributed by atoms with Crippen LogP contribution in [-0.4, -0.2) is 31.3 Å². The first-order valence-electron chi connectivity index (χ1n) is 16.1. The summed E-state index contributed by atoms with van der Waals surface area (Å²) >= 11 is 0. The van der Waals surface area contributed by atoms with E-state index in [1.807, 2.05) is 13.8 Å². The van der Waals surface area contributed by atoms with Gasteiger partial charge in [-0.15, -0.1) is 0 Å². The maximum absolute atomic E-state index is 12.7. The highest BCUT2D eigenvalue weighted by atomic mass is 16.6. The molecule has 0 aliphatic carbocycles. The molecule has 0 bridgehead atoms. The second-order valence-corrected chi connectivity index (χ2v) is 10.7. The van der Waals surface area contributed by atoms with E-state index in [9.17, 15) is 9.59 Å². The normalized spacial score (nSPS) is 11.0. The summed E-state index contributed by atoms with van der Waals surface area (Å²) in [5, 5.41) is 4.09. The van der Waals surface area contributed by atoms with Gasteiger partial charge in [0, 0.05) is 6.42 Å². The van der Waals surface area contributed by atoms with Gasteiger partial charge in [0.25, 0.3) is 0 Å². The Hall–Kier alpha value is -3.35. The predicted octanol–water partition coefficient (Wildman–Crippen LogP) is 9.02. The monoisotopic (exact) mass is 580 g/mol. The molecule has 2 aromatic carbocycles. The second-order valence-electron chi connectivity index (χ2n) is 10.7. The molecule has 42 heavy (non-hydrogen) atoms. The standard InChI is InChI=1S/C35H52N2O5/c1-4-7-8-9-10-11-12-13-14-15-16-17-18-19-34(38)37-36-28-29-20-25-32(33(27-29)40-6-3)42-35(39)30-21-23-31(24-22-30)41-26-5-2/h20-25,27-28H,4-19,26H2,1-3H3,(H,37,38)/b36-28-. The van der Waals surface area contributed by atoms with Crippen molar-refractivity contribution in [2.45, 2.75) is 117 Å². The Morgan fingerprint density at radius 3 is 1.93 bits per heavy atom. The van der Waals surface area contributed by atoms with Crippen LogP contribution < -0.4 is 19.6 Å². The summed E-state index contributed by atoms with van der Waals surface area (Å²) in [4.78, 5) is 24.8. The summed E-state index contributed by atoms with van der Waals surface area (Å²) in [7, 11) is 0. The van der Waals surface area contributed by atoms with Gasteiger partial charge in [0.15, 0.2) is 11.5 Å². The average molecular weight is 581 g/mol. The molecule has 2 aromatic rings. The van der Waals surface area contributed by atoms with Gasteiger partial charge in [-0.1, -0.05) is 90.9 Å². The number of hydrogen-bond donors (Lipinski definition) is 1. The lowest BCUT2D eigenvalue weighted by Crippen LogP contribution is -2.16. The molecule has 0 aliphatic rings. The lowest BCUT2D eigenvalue weighted by Gasteiger charge is -2.12. The number of carbonyl (C=O) groups is 2. The van der Waals surface area contributed by atoms with Crippen LogP contribution in [0.5, 0.6) is 17.2 Å². The molecule has 0 fully saturated rings. The number of esters is 1. The fourth-order valence-electron chi connectivity index (χ4n) is 4.56. The number of nitrogens with zero attached hydrogens (tertiary/aromatic N) is 1. The Kier molecular flexibility index (Phi) is 18.5. The highest BCUT2D eigenvalue weighted by Gasteiger charge is 2.13. The van der Waals surface area contributed by atoms with Crippen molar-refractivity contribution in [1.29, 1.82) is 0 Å². The van der Waals surface area contributed by atoms with Crippen molar-refractivity contribution in [3.05, 3.63) is 53.6 Å². The quantitative estimate of drug-likeness (QED) is 0.0466. The van der Waals surface area contributed by atoms with Crippen LogP contribution in [0, 0.1) is 0 Å². The zero-order valence-electron chi connectivity index (χ0n) is 26.1. The minimum Gasteiger partial charge on any atom is -0.494 e. The van der Waals surface area contributed by atoms with Gasteiger partial charge in [0.05, 0.1) is 25.0 Å². The molecule has 0 saturated carbocycles. The molecular formula is C35H52N2O5. The zero-order chi connectivity index (χ0) is 30.3. The molecule has 7 heteroatoms. The highest BCUT2D eigenvalue weighted by molar-refractivity contribution is 5.91. The van der Waals surface area contributed by atoms with Crippen molar-refractivity contribution in [3.8, 4) is 17.2 Å². The van der Waals surface area contributed by atoms with Gasteiger partial charge < -0.3 is 14.2 Å². The number of ether oxygens (including phenoxy) is 3. The molecule has 0 radical (unpaired) electrons. The average Bonchev–Trinajstić information content (AvgIpc) is 3.00. The number of carbonyl (C=O) groups excluding carboxylic acids is 2. The number of amides is 1. The van der Waals surface area contributed by atoms with Gasteiger partial charge in [0.1, 0.15) is 5.75 Å². The van der Waals surface area contributed by atoms with Crippen LogP contribution >= 0.6 is 0 Å². The lowest BCUT2D eigenvalue weighted by atomic mass is 10.0. The van der Waals surface area contributed by atoms with Crippen LogP contribution in [0.4, 0.5) is 0 Å². The zero-order valence-corrected chi connectivity index (χ0v) is 26.1. The van der Waals surface area contributed by atoms with E-state index in [1.54, 1.807) is 48.7 Å². The van der Waals surface area contributed by atoms with E-state index in [-0.39, 0.29) is 5.91 Å². The fraction of sp³-hybridized carbons (Fsp3) is 0.571. The summed E-state index contributed by atoms with van der Waals surface area (Å²) in [5.74, 6) is 0.882. The largest absolute Gasteiger partial charge is 0.494 e. The molecule has 1 amide bonds. The molecule has 0 aliphatic heterocycles. The number of hydrogen-bond acceptors (Lipinski definition) is 6. The molecule has 0 saturated heterocycles. The topological polar surface area (TPSA) is 86.2 Å². The van der Waals surface area contributed by atoms with E-state index < -0.39 is 5.97 Å². The Balaban J connectivity index is 1.67. The highest BCUT2D eigenvalue weighted by Crippen LogP contribution is 2.29. The third-order valence-corrected chi connectivity index (χ3v) is 6.94. The van der Waals surface area contributed by atoms with Crippen molar-refractivity contribution in [2.24, 2.45) is 5.10 Å². The van der Waals surface area contributed by atoms with Crippen molar-refractivity contribution in [2.75, 3.05) is 13.2 Å². The van der Waals surface area contributed by atoms with Crippen molar-refractivity contribution in [3.63, 3.8) is 0 Å². The number of rotatable bonds is 23. The second kappa shape index (κ2) is 22.3. The Morgan fingerprint density at radius 1 is 0.714 bits per heavy atom. The molecule has 2 rings (SSSR count). The molecule has 0 aromatic heterocycles. The van der Waals surface area contributed by atoms with Crippen molar-refractivity contribution in [1.82, 2.24) is 5.43 Å². The SMILES string of the molecule is CCCCCCCCCCCCCCCC(=O)N/N=C\c1ccc(OC(=O)c2ccc(OCCC)cc2)c(OCC)c1. The number of nitrogens with one attached hydrogen (secondary N) is 1. The maximum Gasteiger partial charge on any atom is 0.343 e. The smallest absolute Gasteiger partial charge is 0.343 e. The van der Waals surface area contributed by atoms with Gasteiger partial charge in [-0.3, -0.25) is 4.79 Å². The van der Waals surface area contributed by atoms with E-state index in [4.69, 9.17) is 14.2 Å². The first-order chi connectivity index (χ1) is 20.6. The molecule has 7 nitrogen and oxygen atoms in total. The summed E-state index contributed by atoms with van der Waals surface area (Å²) in [6, 6.07) is 12.0. The third kappa shape index (κ3) is 15.0. The molecular weight excluding hydrogens is 528 g/mol. The lowest BCUT2D eigenvalue weighted by molar-refractivity contribution is -0.121. The molecule has 0 spiro atoms. The summed E-state index contributed by atoms with van der Waals surface area (Å²) in [5.41, 5.74) is 3.74. The Morgan fingerprint density at radius 2 is 1.33 bits per heavy atom. The van der Waals surface area contributed by atoms with Crippen LogP contribution in [0.1, 0.15) is 133 Å². The van der Waals surface area contributed by atoms with E-state index in [1.165, 1.54) is 70.6 Å². The minimum absolute atomic E-state index is 0.0870. The summed E-state index contributed by atoms with van der Waals surface area (Å²) in [6.07, 6.45) is 19.6. The van der Waals surface area contributed by atoms with Gasteiger partial charge in [-0.25, -0.2) is 10.2 Å². The third-order valence-electron chi connectivity index (χ3n) is 6.94. The van der Waals surface area contributed by atoms with Crippen LogP contribution in [0.3, 0.4) is 0 Å². The van der Waals surface area contributed by atoms with Crippen LogP contribution in [0.15, 0.2) is 47.6 Å². The number of unbranched alkanes of at least 4 members (excludes halogenated alkanes) is 12. The molecule has 0 atom stereocenters. The van der Waals surface area contributed by atoms with Gasteiger partial charge >= 0.3 is 5.97 Å². The van der Waals surface area contributed by atoms with Crippen LogP contribution in [-0.2, 0) is 4.79 Å². The van der Waals surface area contributed by atoms with Crippen LogP contribution in [0.2, 0.25) is 0 Å². The van der Waals surface area contributed by atoms with Crippen molar-refractivity contribution < 1.29 is 23.8 Å². The molecule has 0 heterocycles. The minimum atomic E-state index is -0.486. The predicted molar refractivity (Wildman–Crippen MR) is 171 cm³/mol. The van der Waals surface area contributed by atoms with Crippen LogP contribution in [0.25, 0.3) is 0 Å². The Labute approximate surface area is 253 Å². The van der Waals surface area contributed by atoms with E-state index in [0.29, 0.717) is 42.4 Å². The molecule has 0 unspecified atom stereocenters. The summed E-state index contributed by atoms with van der Waals surface area (Å²) < 4.78 is 16.9. The molecule has 1 N–H and O–H groups in total. The summed E-state index contributed by atoms with van der Waals surface area (Å²) in [6.45, 7) is 7.19. The van der Waals surface area contributed by atoms with Gasteiger partial charge in [-0.05, 0) is 67.8 Å². The first-order valence-corrected chi connectivity index (χ1v) is 16.1. The van der Waals surface area contributed by atoms with Gasteiger partial charge in [0.2, 0.25) is 5.91 Å². The van der Waals surface area contributed by atoms with E-state index in [0.717, 1.165) is 24.8 Å². The van der Waals surface area contributed by atoms with Gasteiger partial charge in [-0.2, -0.15) is 5.10 Å². The molecule has 232 valence electrons. The Bertz CT molecular complexity index is 1050. The maximum atomic E-state index is 12.7.